The number of nitrogens with one attached hydrogen (secondary N) is 1. The van der Waals surface area contributed by atoms with E-state index in [-0.39, 0.29) is 41.0 Å². The maximum Gasteiger partial charge on any atom is 0.252 e. The number of halogens is 3. The molecule has 0 spiro atoms. The number of rotatable bonds is 10. The first-order valence-electron chi connectivity index (χ1n) is 14.4. The van der Waals surface area contributed by atoms with Crippen LogP contribution in [-0.4, -0.2) is 51.9 Å². The molecule has 0 bridgehead atoms. The van der Waals surface area contributed by atoms with Crippen molar-refractivity contribution in [1.82, 2.24) is 10.3 Å². The van der Waals surface area contributed by atoms with Gasteiger partial charge in [0.1, 0.15) is 23.7 Å². The zero-order chi connectivity index (χ0) is 33.1. The van der Waals surface area contributed by atoms with Gasteiger partial charge in [-0.25, -0.2) is 18.2 Å². The van der Waals surface area contributed by atoms with Crippen LogP contribution in [0.3, 0.4) is 0 Å². The minimum absolute atomic E-state index is 0.00433. The molecule has 2 N–H and O–H groups in total. The number of hydrogen-bond donors (Lipinski definition) is 2. The summed E-state index contributed by atoms with van der Waals surface area (Å²) in [6.07, 6.45) is 6.49. The Bertz CT molecular complexity index is 1600. The first-order chi connectivity index (χ1) is 21.1. The molecule has 236 valence electrons. The Morgan fingerprint density at radius 2 is 1.98 bits per heavy atom. The van der Waals surface area contributed by atoms with Crippen LogP contribution in [0, 0.1) is 17.1 Å². The smallest absolute Gasteiger partial charge is 0.252 e. The van der Waals surface area contributed by atoms with Crippen LogP contribution in [0.1, 0.15) is 57.6 Å². The number of nitrogens with zero attached hydrogens (tertiary/aromatic N) is 4. The van der Waals surface area contributed by atoms with Gasteiger partial charge in [0, 0.05) is 37.2 Å². The lowest BCUT2D eigenvalue weighted by Gasteiger charge is -2.39. The minimum atomic E-state index is -2.94. The second-order valence-corrected chi connectivity index (χ2v) is 11.6. The molecule has 3 amide bonds. The molecule has 1 aromatic heterocycles. The maximum absolute atomic E-state index is 15.1. The van der Waals surface area contributed by atoms with E-state index in [2.05, 4.69) is 16.9 Å². The Morgan fingerprint density at radius 1 is 1.27 bits per heavy atom. The molecule has 1 aromatic carbocycles. The van der Waals surface area contributed by atoms with Crippen LogP contribution < -0.4 is 15.1 Å². The van der Waals surface area contributed by atoms with Gasteiger partial charge in [-0.2, -0.15) is 5.26 Å². The van der Waals surface area contributed by atoms with Gasteiger partial charge in [-0.3, -0.25) is 24.2 Å². The standard InChI is InChI=1S/C33H34F3N5O4/c1-5-6-7-8-20(2)29(30(43)39-24-17-33(35,36)18-24)40(25-15-22(32(3,4)45)14-23(34)16-25)31(44)26-9-10-28(42)41(26)27-13-21(19-37)11-12-38-27/h5-8,11-16,24,26,29,45H,2,9-10,17-18H2,1,3-4H3,(H,39,43)/b6-5-,8-7-/t26-,29-/m0/s1. The number of benzene rings is 1. The van der Waals surface area contributed by atoms with Crippen molar-refractivity contribution in [3.63, 3.8) is 0 Å². The van der Waals surface area contributed by atoms with Crippen molar-refractivity contribution in [2.24, 2.45) is 0 Å². The Morgan fingerprint density at radius 3 is 2.60 bits per heavy atom. The van der Waals surface area contributed by atoms with Gasteiger partial charge in [-0.05, 0) is 68.7 Å². The number of hydrogen-bond acceptors (Lipinski definition) is 6. The van der Waals surface area contributed by atoms with Crippen LogP contribution in [0.4, 0.5) is 24.7 Å². The molecule has 4 rings (SSSR count). The average Bonchev–Trinajstić information content (AvgIpc) is 3.34. The highest BCUT2D eigenvalue weighted by Gasteiger charge is 2.48. The molecular formula is C33H34F3N5O4. The predicted octanol–water partition coefficient (Wildman–Crippen LogP) is 4.82. The summed E-state index contributed by atoms with van der Waals surface area (Å²) < 4.78 is 42.5. The van der Waals surface area contributed by atoms with Crippen molar-refractivity contribution in [3.8, 4) is 6.07 Å². The molecule has 1 saturated carbocycles. The van der Waals surface area contributed by atoms with E-state index in [0.29, 0.717) is 0 Å². The third kappa shape index (κ3) is 7.49. The van der Waals surface area contributed by atoms with Gasteiger partial charge in [0.15, 0.2) is 0 Å². The van der Waals surface area contributed by atoms with Crippen molar-refractivity contribution < 1.29 is 32.7 Å². The van der Waals surface area contributed by atoms with Gasteiger partial charge in [-0.15, -0.1) is 0 Å². The quantitative estimate of drug-likeness (QED) is 0.367. The first kappa shape index (κ1) is 33.1. The number of nitriles is 1. The fourth-order valence-electron chi connectivity index (χ4n) is 5.33. The van der Waals surface area contributed by atoms with E-state index in [1.165, 1.54) is 44.3 Å². The van der Waals surface area contributed by atoms with E-state index in [4.69, 9.17) is 0 Å². The summed E-state index contributed by atoms with van der Waals surface area (Å²) in [5, 5.41) is 22.7. The van der Waals surface area contributed by atoms with Crippen molar-refractivity contribution in [2.75, 3.05) is 9.80 Å². The van der Waals surface area contributed by atoms with Gasteiger partial charge in [0.2, 0.25) is 11.8 Å². The van der Waals surface area contributed by atoms with Crippen LogP contribution in [-0.2, 0) is 20.0 Å². The molecule has 0 radical (unpaired) electrons. The Balaban J connectivity index is 1.87. The van der Waals surface area contributed by atoms with Crippen molar-refractivity contribution in [1.29, 1.82) is 5.26 Å². The molecule has 2 atom stereocenters. The number of carbonyl (C=O) groups is 3. The summed E-state index contributed by atoms with van der Waals surface area (Å²) in [5.41, 5.74) is -1.33. The lowest BCUT2D eigenvalue weighted by molar-refractivity contribution is -0.132. The van der Waals surface area contributed by atoms with Crippen LogP contribution >= 0.6 is 0 Å². The van der Waals surface area contributed by atoms with E-state index in [1.807, 2.05) is 6.07 Å². The van der Waals surface area contributed by atoms with E-state index in [1.54, 1.807) is 25.2 Å². The Hall–Kier alpha value is -4.76. The largest absolute Gasteiger partial charge is 0.386 e. The summed E-state index contributed by atoms with van der Waals surface area (Å²) in [5.74, 6) is -5.83. The van der Waals surface area contributed by atoms with Crippen LogP contribution in [0.5, 0.6) is 0 Å². The number of amides is 3. The number of pyridine rings is 1. The average molecular weight is 622 g/mol. The molecule has 2 fully saturated rings. The van der Waals surface area contributed by atoms with Crippen LogP contribution in [0.25, 0.3) is 0 Å². The molecule has 1 aliphatic carbocycles. The topological polar surface area (TPSA) is 127 Å². The zero-order valence-corrected chi connectivity index (χ0v) is 25.1. The summed E-state index contributed by atoms with van der Waals surface area (Å²) in [6, 6.07) is 4.50. The molecule has 0 unspecified atom stereocenters. The van der Waals surface area contributed by atoms with Gasteiger partial charge in [0.05, 0.1) is 17.2 Å². The molecule has 12 heteroatoms. The molecule has 45 heavy (non-hydrogen) atoms. The Labute approximate surface area is 259 Å². The van der Waals surface area contributed by atoms with Crippen molar-refractivity contribution in [3.05, 3.63) is 89.9 Å². The van der Waals surface area contributed by atoms with Gasteiger partial charge >= 0.3 is 0 Å². The lowest BCUT2D eigenvalue weighted by atomic mass is 9.87. The van der Waals surface area contributed by atoms with E-state index in [0.717, 1.165) is 21.9 Å². The summed E-state index contributed by atoms with van der Waals surface area (Å²) >= 11 is 0. The number of alkyl halides is 2. The summed E-state index contributed by atoms with van der Waals surface area (Å²) in [4.78, 5) is 47.9. The first-order valence-corrected chi connectivity index (χ1v) is 14.4. The molecule has 1 aliphatic heterocycles. The molecular weight excluding hydrogens is 587 g/mol. The van der Waals surface area contributed by atoms with Gasteiger partial charge in [0.25, 0.3) is 11.8 Å². The summed E-state index contributed by atoms with van der Waals surface area (Å²) in [7, 11) is 0. The van der Waals surface area contributed by atoms with E-state index < -0.39 is 66.0 Å². The van der Waals surface area contributed by atoms with Crippen molar-refractivity contribution >= 4 is 29.2 Å². The fourth-order valence-corrected chi connectivity index (χ4v) is 5.33. The number of aliphatic hydroxyl groups is 1. The second-order valence-electron chi connectivity index (χ2n) is 11.6. The van der Waals surface area contributed by atoms with E-state index in [9.17, 15) is 33.5 Å². The molecule has 2 aliphatic rings. The highest BCUT2D eigenvalue weighted by molar-refractivity contribution is 6.11. The predicted molar refractivity (Wildman–Crippen MR) is 162 cm³/mol. The molecule has 2 aromatic rings. The van der Waals surface area contributed by atoms with Gasteiger partial charge < -0.3 is 10.4 Å². The van der Waals surface area contributed by atoms with E-state index >= 15 is 4.39 Å². The highest BCUT2D eigenvalue weighted by Crippen LogP contribution is 2.38. The number of carbonyl (C=O) groups excluding carboxylic acids is 3. The lowest BCUT2D eigenvalue weighted by Crippen LogP contribution is -2.59. The van der Waals surface area contributed by atoms with Crippen LogP contribution in [0.15, 0.2) is 73.0 Å². The zero-order valence-electron chi connectivity index (χ0n) is 25.1. The maximum atomic E-state index is 15.1. The monoisotopic (exact) mass is 621 g/mol. The fraction of sp³-hybridized carbons (Fsp3) is 0.364. The van der Waals surface area contributed by atoms with Gasteiger partial charge in [-0.1, -0.05) is 30.9 Å². The molecule has 9 nitrogen and oxygen atoms in total. The van der Waals surface area contributed by atoms with Crippen molar-refractivity contribution in [2.45, 2.75) is 76.1 Å². The highest BCUT2D eigenvalue weighted by atomic mass is 19.3. The third-order valence-electron chi connectivity index (χ3n) is 7.63. The third-order valence-corrected chi connectivity index (χ3v) is 7.63. The number of aromatic nitrogens is 1. The minimum Gasteiger partial charge on any atom is -0.386 e. The Kier molecular flexibility index (Phi) is 9.63. The molecule has 1 saturated heterocycles. The normalized spacial score (nSPS) is 18.9. The van der Waals surface area contributed by atoms with Crippen LogP contribution in [0.2, 0.25) is 0 Å². The SMILES string of the molecule is C=C(/C=C\C=C/C)[C@@H](C(=O)NC1CC(F)(F)C1)N(C(=O)[C@@H]1CCC(=O)N1c1cc(C#N)ccn1)c1cc(F)cc(C(C)(C)O)c1. The molecule has 2 heterocycles. The summed E-state index contributed by atoms with van der Waals surface area (Å²) in [6.45, 7) is 8.59. The number of allylic oxidation sites excluding steroid dienone is 3. The second kappa shape index (κ2) is 13.1. The number of anilines is 2.